The van der Waals surface area contributed by atoms with Gasteiger partial charge in [-0.05, 0) is 18.6 Å². The van der Waals surface area contributed by atoms with E-state index in [0.29, 0.717) is 16.5 Å². The molecule has 0 saturated carbocycles. The molecule has 17 heavy (non-hydrogen) atoms. The van der Waals surface area contributed by atoms with Crippen molar-refractivity contribution >= 4 is 23.9 Å². The number of hydrogen-bond donors (Lipinski definition) is 1. The van der Waals surface area contributed by atoms with Crippen molar-refractivity contribution in [2.24, 2.45) is 5.41 Å². The van der Waals surface area contributed by atoms with Gasteiger partial charge in [-0.25, -0.2) is 9.97 Å². The van der Waals surface area contributed by atoms with Crippen molar-refractivity contribution in [1.82, 2.24) is 9.97 Å². The standard InChI is InChI=1S/C12H19N3OS/c1-8(12(2,3)4)14-10-9(7-16)6-13-11(15-10)17-5/h6-8H,1-5H3,(H,13,14,15)/t8-/m0/s1. The molecule has 5 heteroatoms. The van der Waals surface area contributed by atoms with Crippen LogP contribution in [-0.4, -0.2) is 28.6 Å². The first-order valence-corrected chi connectivity index (χ1v) is 6.73. The number of nitrogens with one attached hydrogen (secondary N) is 1. The van der Waals surface area contributed by atoms with Crippen molar-refractivity contribution in [3.05, 3.63) is 11.8 Å². The van der Waals surface area contributed by atoms with E-state index in [-0.39, 0.29) is 11.5 Å². The SMILES string of the molecule is CSc1ncc(C=O)c(N[C@@H](C)C(C)(C)C)n1. The molecule has 1 atom stereocenters. The number of thioether (sulfide) groups is 1. The molecule has 0 unspecified atom stereocenters. The lowest BCUT2D eigenvalue weighted by molar-refractivity contribution is 0.112. The molecule has 94 valence electrons. The quantitative estimate of drug-likeness (QED) is 0.508. The van der Waals surface area contributed by atoms with Crippen molar-refractivity contribution < 1.29 is 4.79 Å². The predicted octanol–water partition coefficient (Wildman–Crippen LogP) is 2.86. The number of nitrogens with zero attached hydrogens (tertiary/aromatic N) is 2. The average Bonchev–Trinajstić information content (AvgIpc) is 2.27. The number of aromatic nitrogens is 2. The minimum atomic E-state index is 0.102. The van der Waals surface area contributed by atoms with Crippen LogP contribution < -0.4 is 5.32 Å². The van der Waals surface area contributed by atoms with Gasteiger partial charge in [0.1, 0.15) is 5.82 Å². The Labute approximate surface area is 107 Å². The Morgan fingerprint density at radius 2 is 2.12 bits per heavy atom. The highest BCUT2D eigenvalue weighted by Crippen LogP contribution is 2.24. The molecule has 4 nitrogen and oxygen atoms in total. The predicted molar refractivity (Wildman–Crippen MR) is 71.7 cm³/mol. The number of rotatable bonds is 4. The summed E-state index contributed by atoms with van der Waals surface area (Å²) in [5.74, 6) is 0.613. The molecule has 0 aromatic carbocycles. The maximum atomic E-state index is 10.9. The molecule has 0 bridgehead atoms. The third-order valence-corrected chi connectivity index (χ3v) is 3.32. The number of aldehydes is 1. The Kier molecular flexibility index (Phi) is 4.51. The second kappa shape index (κ2) is 5.49. The van der Waals surface area contributed by atoms with Crippen molar-refractivity contribution in [2.45, 2.75) is 38.9 Å². The summed E-state index contributed by atoms with van der Waals surface area (Å²) >= 11 is 1.46. The van der Waals surface area contributed by atoms with E-state index in [1.54, 1.807) is 6.20 Å². The van der Waals surface area contributed by atoms with Gasteiger partial charge in [-0.15, -0.1) is 0 Å². The Balaban J connectivity index is 2.99. The largest absolute Gasteiger partial charge is 0.366 e. The van der Waals surface area contributed by atoms with E-state index >= 15 is 0 Å². The van der Waals surface area contributed by atoms with E-state index in [4.69, 9.17) is 0 Å². The summed E-state index contributed by atoms with van der Waals surface area (Å²) in [4.78, 5) is 19.3. The van der Waals surface area contributed by atoms with Crippen molar-refractivity contribution in [3.63, 3.8) is 0 Å². The zero-order valence-electron chi connectivity index (χ0n) is 10.9. The maximum Gasteiger partial charge on any atom is 0.189 e. The van der Waals surface area contributed by atoms with Crippen molar-refractivity contribution in [1.29, 1.82) is 0 Å². The lowest BCUT2D eigenvalue weighted by Gasteiger charge is -2.28. The normalized spacial score (nSPS) is 13.2. The minimum absolute atomic E-state index is 0.102. The van der Waals surface area contributed by atoms with Gasteiger partial charge in [0, 0.05) is 12.2 Å². The Morgan fingerprint density at radius 3 is 2.59 bits per heavy atom. The number of carbonyl (C=O) groups excluding carboxylic acids is 1. The van der Waals surface area contributed by atoms with Crippen LogP contribution in [0.15, 0.2) is 11.4 Å². The van der Waals surface area contributed by atoms with E-state index in [2.05, 4.69) is 43.0 Å². The second-order valence-electron chi connectivity index (χ2n) is 5.01. The van der Waals surface area contributed by atoms with Crippen LogP contribution in [-0.2, 0) is 0 Å². The monoisotopic (exact) mass is 253 g/mol. The highest BCUT2D eigenvalue weighted by molar-refractivity contribution is 7.98. The molecule has 0 fully saturated rings. The fourth-order valence-corrected chi connectivity index (χ4v) is 1.44. The maximum absolute atomic E-state index is 10.9. The zero-order valence-corrected chi connectivity index (χ0v) is 11.8. The van der Waals surface area contributed by atoms with E-state index in [0.717, 1.165) is 6.29 Å². The summed E-state index contributed by atoms with van der Waals surface area (Å²) in [5.41, 5.74) is 0.601. The summed E-state index contributed by atoms with van der Waals surface area (Å²) in [7, 11) is 0. The number of anilines is 1. The van der Waals surface area contributed by atoms with Crippen LogP contribution in [0, 0.1) is 5.41 Å². The van der Waals surface area contributed by atoms with Crippen LogP contribution in [0.2, 0.25) is 0 Å². The van der Waals surface area contributed by atoms with E-state index in [1.807, 2.05) is 6.26 Å². The van der Waals surface area contributed by atoms with Gasteiger partial charge in [0.15, 0.2) is 11.4 Å². The molecular weight excluding hydrogens is 234 g/mol. The van der Waals surface area contributed by atoms with Crippen LogP contribution in [0.4, 0.5) is 5.82 Å². The molecule has 0 amide bonds. The molecule has 0 saturated heterocycles. The van der Waals surface area contributed by atoms with Crippen molar-refractivity contribution in [2.75, 3.05) is 11.6 Å². The topological polar surface area (TPSA) is 54.9 Å². The molecule has 1 heterocycles. The molecule has 1 aromatic heterocycles. The lowest BCUT2D eigenvalue weighted by atomic mass is 9.88. The molecule has 0 spiro atoms. The van der Waals surface area contributed by atoms with Gasteiger partial charge < -0.3 is 5.32 Å². The smallest absolute Gasteiger partial charge is 0.189 e. The molecule has 0 aliphatic carbocycles. The molecule has 1 aromatic rings. The Bertz CT molecular complexity index is 401. The lowest BCUT2D eigenvalue weighted by Crippen LogP contribution is -2.31. The molecule has 0 aliphatic rings. The van der Waals surface area contributed by atoms with Crippen LogP contribution in [0.25, 0.3) is 0 Å². The Morgan fingerprint density at radius 1 is 1.47 bits per heavy atom. The summed E-state index contributed by atoms with van der Waals surface area (Å²) in [6.07, 6.45) is 4.25. The van der Waals surface area contributed by atoms with Crippen LogP contribution in [0.3, 0.4) is 0 Å². The number of hydrogen-bond acceptors (Lipinski definition) is 5. The van der Waals surface area contributed by atoms with E-state index < -0.39 is 0 Å². The fourth-order valence-electron chi connectivity index (χ4n) is 1.10. The van der Waals surface area contributed by atoms with Crippen LogP contribution in [0.5, 0.6) is 0 Å². The summed E-state index contributed by atoms with van der Waals surface area (Å²) < 4.78 is 0. The molecule has 0 aliphatic heterocycles. The van der Waals surface area contributed by atoms with Crippen molar-refractivity contribution in [3.8, 4) is 0 Å². The first-order valence-electron chi connectivity index (χ1n) is 5.51. The molecule has 1 rings (SSSR count). The molecule has 0 radical (unpaired) electrons. The zero-order chi connectivity index (χ0) is 13.1. The van der Waals surface area contributed by atoms with E-state index in [1.165, 1.54) is 11.8 Å². The summed E-state index contributed by atoms with van der Waals surface area (Å²) in [6.45, 7) is 8.50. The number of carbonyl (C=O) groups is 1. The Hall–Kier alpha value is -1.10. The molecule has 1 N–H and O–H groups in total. The van der Waals surface area contributed by atoms with Crippen LogP contribution >= 0.6 is 11.8 Å². The van der Waals surface area contributed by atoms with Gasteiger partial charge in [0.2, 0.25) is 0 Å². The average molecular weight is 253 g/mol. The fraction of sp³-hybridized carbons (Fsp3) is 0.583. The first kappa shape index (κ1) is 14.0. The third-order valence-electron chi connectivity index (χ3n) is 2.76. The summed E-state index contributed by atoms with van der Waals surface area (Å²) in [5, 5.41) is 3.95. The second-order valence-corrected chi connectivity index (χ2v) is 5.78. The highest BCUT2D eigenvalue weighted by atomic mass is 32.2. The highest BCUT2D eigenvalue weighted by Gasteiger charge is 2.21. The van der Waals surface area contributed by atoms with Gasteiger partial charge in [-0.3, -0.25) is 4.79 Å². The summed E-state index contributed by atoms with van der Waals surface area (Å²) in [6, 6.07) is 0.214. The van der Waals surface area contributed by atoms with Gasteiger partial charge in [-0.1, -0.05) is 32.5 Å². The van der Waals surface area contributed by atoms with Gasteiger partial charge in [-0.2, -0.15) is 0 Å². The van der Waals surface area contributed by atoms with Gasteiger partial charge in [0.25, 0.3) is 0 Å². The molecular formula is C12H19N3OS. The minimum Gasteiger partial charge on any atom is -0.366 e. The van der Waals surface area contributed by atoms with Gasteiger partial charge >= 0.3 is 0 Å². The third kappa shape index (κ3) is 3.70. The van der Waals surface area contributed by atoms with Gasteiger partial charge in [0.05, 0.1) is 5.56 Å². The first-order chi connectivity index (χ1) is 7.88. The van der Waals surface area contributed by atoms with E-state index in [9.17, 15) is 4.79 Å². The van der Waals surface area contributed by atoms with Crippen LogP contribution in [0.1, 0.15) is 38.1 Å².